The van der Waals surface area contributed by atoms with Crippen LogP contribution in [0.25, 0.3) is 0 Å². The van der Waals surface area contributed by atoms with Gasteiger partial charge < -0.3 is 9.84 Å². The molecule has 1 aliphatic rings. The van der Waals surface area contributed by atoms with E-state index < -0.39 is 11.6 Å². The SMILES string of the molecule is OC[C@@H]1CC[C@@H](c2cc(F)cc(F)c2)O1. The van der Waals surface area contributed by atoms with Crippen LogP contribution in [-0.2, 0) is 4.74 Å². The van der Waals surface area contributed by atoms with Crippen LogP contribution in [0.1, 0.15) is 24.5 Å². The summed E-state index contributed by atoms with van der Waals surface area (Å²) in [4.78, 5) is 0. The molecule has 0 aromatic heterocycles. The smallest absolute Gasteiger partial charge is 0.126 e. The Morgan fingerprint density at radius 2 is 1.87 bits per heavy atom. The van der Waals surface area contributed by atoms with Gasteiger partial charge in [-0.2, -0.15) is 0 Å². The van der Waals surface area contributed by atoms with Gasteiger partial charge >= 0.3 is 0 Å². The first kappa shape index (κ1) is 10.5. The highest BCUT2D eigenvalue weighted by Gasteiger charge is 2.26. The number of benzene rings is 1. The Bertz CT molecular complexity index is 334. The van der Waals surface area contributed by atoms with Gasteiger partial charge in [-0.05, 0) is 30.5 Å². The second kappa shape index (κ2) is 4.24. The monoisotopic (exact) mass is 214 g/mol. The molecule has 1 aliphatic heterocycles. The van der Waals surface area contributed by atoms with Crippen molar-refractivity contribution in [3.8, 4) is 0 Å². The lowest BCUT2D eigenvalue weighted by Gasteiger charge is -2.12. The molecule has 0 saturated carbocycles. The highest BCUT2D eigenvalue weighted by atomic mass is 19.1. The van der Waals surface area contributed by atoms with Gasteiger partial charge in [0.15, 0.2) is 0 Å². The Morgan fingerprint density at radius 1 is 1.20 bits per heavy atom. The normalized spacial score (nSPS) is 25.8. The lowest BCUT2D eigenvalue weighted by molar-refractivity contribution is 0.0107. The highest BCUT2D eigenvalue weighted by Crippen LogP contribution is 2.32. The topological polar surface area (TPSA) is 29.5 Å². The maximum absolute atomic E-state index is 12.9. The number of aliphatic hydroxyl groups excluding tert-OH is 1. The minimum Gasteiger partial charge on any atom is -0.394 e. The average Bonchev–Trinajstić information content (AvgIpc) is 2.64. The summed E-state index contributed by atoms with van der Waals surface area (Å²) in [5.74, 6) is -1.19. The van der Waals surface area contributed by atoms with Crippen LogP contribution in [0.5, 0.6) is 0 Å². The van der Waals surface area contributed by atoms with E-state index in [0.29, 0.717) is 12.0 Å². The maximum atomic E-state index is 12.9. The molecule has 1 aromatic carbocycles. The molecule has 2 atom stereocenters. The minimum atomic E-state index is -0.596. The van der Waals surface area contributed by atoms with E-state index in [-0.39, 0.29) is 18.8 Å². The maximum Gasteiger partial charge on any atom is 0.126 e. The highest BCUT2D eigenvalue weighted by molar-refractivity contribution is 5.21. The first-order chi connectivity index (χ1) is 7.19. The van der Waals surface area contributed by atoms with E-state index in [1.807, 2.05) is 0 Å². The van der Waals surface area contributed by atoms with E-state index in [1.54, 1.807) is 0 Å². The third kappa shape index (κ3) is 2.33. The molecule has 0 radical (unpaired) electrons. The molecule has 4 heteroatoms. The number of aliphatic hydroxyl groups is 1. The molecular weight excluding hydrogens is 202 g/mol. The van der Waals surface area contributed by atoms with E-state index in [0.717, 1.165) is 12.5 Å². The van der Waals surface area contributed by atoms with E-state index in [4.69, 9.17) is 9.84 Å². The van der Waals surface area contributed by atoms with Crippen molar-refractivity contribution in [2.24, 2.45) is 0 Å². The third-order valence-corrected chi connectivity index (χ3v) is 2.57. The van der Waals surface area contributed by atoms with Gasteiger partial charge in [0.25, 0.3) is 0 Å². The second-order valence-electron chi connectivity index (χ2n) is 3.71. The number of halogens is 2. The fourth-order valence-corrected chi connectivity index (χ4v) is 1.85. The molecule has 0 aliphatic carbocycles. The van der Waals surface area contributed by atoms with Crippen LogP contribution in [0, 0.1) is 11.6 Å². The summed E-state index contributed by atoms with van der Waals surface area (Å²) in [5, 5.41) is 8.87. The van der Waals surface area contributed by atoms with E-state index in [9.17, 15) is 8.78 Å². The fourth-order valence-electron chi connectivity index (χ4n) is 1.85. The Balaban J connectivity index is 2.16. The average molecular weight is 214 g/mol. The van der Waals surface area contributed by atoms with Crippen molar-refractivity contribution in [2.45, 2.75) is 25.0 Å². The summed E-state index contributed by atoms with van der Waals surface area (Å²) in [6, 6.07) is 3.38. The van der Waals surface area contributed by atoms with Crippen molar-refractivity contribution in [1.82, 2.24) is 0 Å². The lowest BCUT2D eigenvalue weighted by Crippen LogP contribution is -2.11. The fraction of sp³-hybridized carbons (Fsp3) is 0.455. The van der Waals surface area contributed by atoms with Crippen LogP contribution in [-0.4, -0.2) is 17.8 Å². The molecule has 1 saturated heterocycles. The van der Waals surface area contributed by atoms with Gasteiger partial charge in [-0.25, -0.2) is 8.78 Å². The van der Waals surface area contributed by atoms with Gasteiger partial charge in [-0.15, -0.1) is 0 Å². The van der Waals surface area contributed by atoms with E-state index >= 15 is 0 Å². The zero-order valence-electron chi connectivity index (χ0n) is 8.12. The Labute approximate surface area is 86.5 Å². The van der Waals surface area contributed by atoms with E-state index in [1.165, 1.54) is 12.1 Å². The van der Waals surface area contributed by atoms with Gasteiger partial charge in [0.05, 0.1) is 18.8 Å². The second-order valence-corrected chi connectivity index (χ2v) is 3.71. The Hall–Kier alpha value is -1.00. The van der Waals surface area contributed by atoms with Crippen molar-refractivity contribution in [3.63, 3.8) is 0 Å². The van der Waals surface area contributed by atoms with Crippen molar-refractivity contribution >= 4 is 0 Å². The molecule has 0 amide bonds. The van der Waals surface area contributed by atoms with Crippen molar-refractivity contribution < 1.29 is 18.6 Å². The predicted octanol–water partition coefficient (Wildman–Crippen LogP) is 2.18. The van der Waals surface area contributed by atoms with Crippen LogP contribution >= 0.6 is 0 Å². The molecule has 1 N–H and O–H groups in total. The summed E-state index contributed by atoms with van der Waals surface area (Å²) in [6.07, 6.45) is 0.904. The first-order valence-electron chi connectivity index (χ1n) is 4.91. The van der Waals surface area contributed by atoms with Gasteiger partial charge in [0.2, 0.25) is 0 Å². The zero-order chi connectivity index (χ0) is 10.8. The van der Waals surface area contributed by atoms with Crippen molar-refractivity contribution in [2.75, 3.05) is 6.61 Å². The molecule has 1 aromatic rings. The molecule has 82 valence electrons. The number of ether oxygens (including phenoxy) is 1. The number of rotatable bonds is 2. The summed E-state index contributed by atoms with van der Waals surface area (Å²) >= 11 is 0. The molecule has 2 nitrogen and oxygen atoms in total. The first-order valence-corrected chi connectivity index (χ1v) is 4.91. The predicted molar refractivity (Wildman–Crippen MR) is 50.3 cm³/mol. The van der Waals surface area contributed by atoms with Crippen LogP contribution in [0.15, 0.2) is 18.2 Å². The van der Waals surface area contributed by atoms with Gasteiger partial charge in [0.1, 0.15) is 11.6 Å². The quantitative estimate of drug-likeness (QED) is 0.817. The molecule has 1 fully saturated rings. The molecule has 0 unspecified atom stereocenters. The van der Waals surface area contributed by atoms with Gasteiger partial charge in [-0.1, -0.05) is 0 Å². The summed E-state index contributed by atoms with van der Waals surface area (Å²) in [7, 11) is 0. The van der Waals surface area contributed by atoms with Crippen LogP contribution in [0.4, 0.5) is 8.78 Å². The minimum absolute atomic E-state index is 0.0473. The van der Waals surface area contributed by atoms with Gasteiger partial charge in [-0.3, -0.25) is 0 Å². The molecule has 0 bridgehead atoms. The van der Waals surface area contributed by atoms with Crippen molar-refractivity contribution in [1.29, 1.82) is 0 Å². The number of hydrogen-bond acceptors (Lipinski definition) is 2. The number of hydrogen-bond donors (Lipinski definition) is 1. The van der Waals surface area contributed by atoms with Crippen molar-refractivity contribution in [3.05, 3.63) is 35.4 Å². The molecule has 0 spiro atoms. The van der Waals surface area contributed by atoms with E-state index in [2.05, 4.69) is 0 Å². The van der Waals surface area contributed by atoms with Crippen LogP contribution in [0.3, 0.4) is 0 Å². The zero-order valence-corrected chi connectivity index (χ0v) is 8.12. The summed E-state index contributed by atoms with van der Waals surface area (Å²) in [6.45, 7) is -0.0473. The van der Waals surface area contributed by atoms with Crippen LogP contribution in [0.2, 0.25) is 0 Å². The third-order valence-electron chi connectivity index (χ3n) is 2.57. The lowest BCUT2D eigenvalue weighted by atomic mass is 10.1. The van der Waals surface area contributed by atoms with Gasteiger partial charge in [0, 0.05) is 6.07 Å². The largest absolute Gasteiger partial charge is 0.394 e. The van der Waals surface area contributed by atoms with Crippen LogP contribution < -0.4 is 0 Å². The summed E-state index contributed by atoms with van der Waals surface area (Å²) in [5.41, 5.74) is 0.503. The Morgan fingerprint density at radius 3 is 2.40 bits per heavy atom. The molecular formula is C11H12F2O2. The molecule has 2 rings (SSSR count). The Kier molecular flexibility index (Phi) is 2.98. The summed E-state index contributed by atoms with van der Waals surface area (Å²) < 4.78 is 31.3. The molecule has 1 heterocycles. The standard InChI is InChI=1S/C11H12F2O2/c12-8-3-7(4-9(13)5-8)11-2-1-10(6-14)15-11/h3-5,10-11,14H,1-2,6H2/t10-,11-/m0/s1. The molecule has 15 heavy (non-hydrogen) atoms.